The van der Waals surface area contributed by atoms with Crippen molar-refractivity contribution in [1.82, 2.24) is 9.80 Å². The van der Waals surface area contributed by atoms with E-state index in [0.717, 1.165) is 88.8 Å². The Bertz CT molecular complexity index is 816. The van der Waals surface area contributed by atoms with Crippen LogP contribution >= 0.6 is 11.8 Å². The molecule has 8 heteroatoms. The molecule has 0 aromatic carbocycles. The van der Waals surface area contributed by atoms with Gasteiger partial charge >= 0.3 is 17.4 Å². The van der Waals surface area contributed by atoms with Gasteiger partial charge in [-0.15, -0.1) is 4.90 Å². The first kappa shape index (κ1) is 53.7. The second-order valence-corrected chi connectivity index (χ2v) is 17.7. The normalized spacial score (nSPS) is 12.6. The number of thioether (sulfide) groups is 1. The maximum atomic E-state index is 13.9. The Morgan fingerprint density at radius 3 is 0.927 bits per heavy atom. The Hall–Kier alpha value is -1.28. The van der Waals surface area contributed by atoms with Crippen LogP contribution in [0.3, 0.4) is 0 Å². The molecule has 0 heterocycles. The van der Waals surface area contributed by atoms with E-state index in [1.807, 2.05) is 19.0 Å². The number of rotatable bonds is 39. The fourth-order valence-electron chi connectivity index (χ4n) is 7.19. The van der Waals surface area contributed by atoms with Gasteiger partial charge in [-0.2, -0.15) is 0 Å². The van der Waals surface area contributed by atoms with Gasteiger partial charge < -0.3 is 14.4 Å². The Balaban J connectivity index is 5.68. The average molecular weight is 797 g/mol. The molecular weight excluding hydrogens is 705 g/mol. The van der Waals surface area contributed by atoms with Gasteiger partial charge in [-0.05, 0) is 65.5 Å². The fraction of sp³-hybridized carbons (Fsp3) is 0.936. The van der Waals surface area contributed by atoms with Crippen molar-refractivity contribution < 1.29 is 23.9 Å². The van der Waals surface area contributed by atoms with Crippen molar-refractivity contribution in [1.29, 1.82) is 0 Å². The minimum absolute atomic E-state index is 0.307. The highest BCUT2D eigenvalue weighted by Gasteiger charge is 2.35. The first-order chi connectivity index (χ1) is 26.8. The summed E-state index contributed by atoms with van der Waals surface area (Å²) in [6.45, 7) is 9.63. The summed E-state index contributed by atoms with van der Waals surface area (Å²) in [6, 6.07) is 0. The average Bonchev–Trinajstić information content (AvgIpc) is 3.15. The Morgan fingerprint density at radius 1 is 0.418 bits per heavy atom. The molecule has 3 amide bonds. The number of carbonyl (C=O) groups is 3. The highest BCUT2D eigenvalue weighted by Crippen LogP contribution is 2.23. The number of hydrogen-bond donors (Lipinski definition) is 0. The van der Waals surface area contributed by atoms with Crippen molar-refractivity contribution in [2.75, 3.05) is 26.4 Å². The summed E-state index contributed by atoms with van der Waals surface area (Å²) in [5.41, 5.74) is 0. The molecule has 0 bridgehead atoms. The van der Waals surface area contributed by atoms with Crippen molar-refractivity contribution in [3.05, 3.63) is 0 Å². The van der Waals surface area contributed by atoms with Crippen LogP contribution in [0.1, 0.15) is 246 Å². The van der Waals surface area contributed by atoms with E-state index in [9.17, 15) is 14.4 Å². The van der Waals surface area contributed by atoms with E-state index in [-0.39, 0.29) is 12.2 Å². The van der Waals surface area contributed by atoms with E-state index in [1.165, 1.54) is 141 Å². The van der Waals surface area contributed by atoms with Gasteiger partial charge in [0.15, 0.2) is 0 Å². The summed E-state index contributed by atoms with van der Waals surface area (Å²) in [5, 5.41) is -0.597. The summed E-state index contributed by atoms with van der Waals surface area (Å²) in [5.74, 6) is 0.475. The maximum Gasteiger partial charge on any atom is 0.427 e. The molecule has 0 saturated carbocycles. The minimum Gasteiger partial charge on any atom is -0.445 e. The Morgan fingerprint density at radius 2 is 0.673 bits per heavy atom. The number of imide groups is 3. The van der Waals surface area contributed by atoms with E-state index >= 15 is 0 Å². The second kappa shape index (κ2) is 40.9. The molecular formula is C47H92N2O5S. The smallest absolute Gasteiger partial charge is 0.427 e. The molecule has 0 fully saturated rings. The van der Waals surface area contributed by atoms with Crippen LogP contribution in [0.25, 0.3) is 0 Å². The predicted molar refractivity (Wildman–Crippen MR) is 238 cm³/mol. The number of amides is 3. The Kier molecular flexibility index (Phi) is 39.9. The molecule has 0 saturated heterocycles. The van der Waals surface area contributed by atoms with Gasteiger partial charge in [0.25, 0.3) is 0 Å². The van der Waals surface area contributed by atoms with Crippen molar-refractivity contribution in [2.45, 2.75) is 258 Å². The van der Waals surface area contributed by atoms with Crippen LogP contribution in [0.4, 0.5) is 14.4 Å². The quantitative estimate of drug-likeness (QED) is 0.0573. The predicted octanol–water partition coefficient (Wildman–Crippen LogP) is 16.1. The van der Waals surface area contributed by atoms with Crippen LogP contribution in [0.5, 0.6) is 0 Å². The van der Waals surface area contributed by atoms with Gasteiger partial charge in [-0.25, -0.2) is 9.59 Å². The van der Waals surface area contributed by atoms with Gasteiger partial charge in [-0.1, -0.05) is 206 Å². The van der Waals surface area contributed by atoms with E-state index in [2.05, 4.69) is 27.7 Å². The fourth-order valence-corrected chi connectivity index (χ4v) is 8.10. The van der Waals surface area contributed by atoms with Gasteiger partial charge in [0.2, 0.25) is 0 Å². The maximum absolute atomic E-state index is 13.9. The number of hydrogen-bond acceptors (Lipinski definition) is 7. The highest BCUT2D eigenvalue weighted by atomic mass is 32.2. The van der Waals surface area contributed by atoms with Gasteiger partial charge in [0, 0.05) is 12.3 Å². The van der Waals surface area contributed by atoms with Crippen molar-refractivity contribution in [3.63, 3.8) is 0 Å². The first-order valence-electron chi connectivity index (χ1n) is 23.8. The van der Waals surface area contributed by atoms with Gasteiger partial charge in [-0.3, -0.25) is 4.79 Å². The third kappa shape index (κ3) is 34.5. The molecule has 0 spiro atoms. The number of nitrogens with zero attached hydrogens (tertiary/aromatic N) is 2. The summed E-state index contributed by atoms with van der Waals surface area (Å²) in [4.78, 5) is 44.1. The molecule has 0 aliphatic heterocycles. The van der Waals surface area contributed by atoms with Gasteiger partial charge in [0.1, 0.15) is 12.2 Å². The van der Waals surface area contributed by atoms with E-state index < -0.39 is 17.4 Å². The minimum atomic E-state index is -0.860. The summed E-state index contributed by atoms with van der Waals surface area (Å²) in [6.07, 6.45) is 36.8. The second-order valence-electron chi connectivity index (χ2n) is 16.6. The van der Waals surface area contributed by atoms with Crippen LogP contribution in [-0.2, 0) is 9.47 Å². The third-order valence-corrected chi connectivity index (χ3v) is 11.7. The molecule has 0 aromatic rings. The molecule has 2 unspecified atom stereocenters. The molecule has 2 atom stereocenters. The van der Waals surface area contributed by atoms with Crippen molar-refractivity contribution >= 4 is 29.2 Å². The lowest BCUT2D eigenvalue weighted by molar-refractivity contribution is 0.0394. The van der Waals surface area contributed by atoms with Gasteiger partial charge in [0.05, 0.1) is 0 Å². The van der Waals surface area contributed by atoms with E-state index in [0.29, 0.717) is 17.2 Å². The molecule has 0 radical (unpaired) electrons. The lowest BCUT2D eigenvalue weighted by Crippen LogP contribution is -2.43. The Labute approximate surface area is 346 Å². The molecule has 0 aromatic heterocycles. The monoisotopic (exact) mass is 797 g/mol. The van der Waals surface area contributed by atoms with Crippen LogP contribution in [0.15, 0.2) is 0 Å². The summed E-state index contributed by atoms with van der Waals surface area (Å²) in [7, 11) is 3.90. The first-order valence-corrected chi connectivity index (χ1v) is 24.8. The number of unbranched alkanes of at least 4 members (excludes halogenated alkanes) is 26. The lowest BCUT2D eigenvalue weighted by atomic mass is 10.0. The topological polar surface area (TPSA) is 76.1 Å². The highest BCUT2D eigenvalue weighted by molar-refractivity contribution is 8.13. The van der Waals surface area contributed by atoms with Crippen LogP contribution in [0.2, 0.25) is 0 Å². The summed E-state index contributed by atoms with van der Waals surface area (Å²) < 4.78 is 12.2. The van der Waals surface area contributed by atoms with Crippen molar-refractivity contribution in [2.24, 2.45) is 0 Å². The number of ether oxygens (including phenoxy) is 2. The van der Waals surface area contributed by atoms with E-state index in [1.54, 1.807) is 0 Å². The lowest BCUT2D eigenvalue weighted by Gasteiger charge is -2.25. The largest absolute Gasteiger partial charge is 0.445 e. The van der Waals surface area contributed by atoms with Crippen LogP contribution < -0.4 is 0 Å². The zero-order valence-electron chi connectivity index (χ0n) is 37.5. The molecule has 0 rings (SSSR count). The molecule has 55 heavy (non-hydrogen) atoms. The van der Waals surface area contributed by atoms with E-state index in [4.69, 9.17) is 9.47 Å². The standard InChI is InChI=1S/C47H92N2O5S/c1-7-11-15-19-23-27-31-35-39-43(37-33-29-25-21-17-13-9-3)53-45(50)49(47(52)55-42-41-48(5)6)46(51)54-44(38-34-30-26-22-18-14-10-4)40-36-32-28-24-20-16-12-8-2/h43-44H,7-42H2,1-6H3. The molecule has 0 N–H and O–H groups in total. The third-order valence-electron chi connectivity index (χ3n) is 10.9. The number of carbonyl (C=O) groups excluding carboxylic acids is 3. The molecule has 0 aliphatic rings. The molecule has 0 aliphatic carbocycles. The van der Waals surface area contributed by atoms with Crippen LogP contribution in [-0.4, -0.2) is 65.8 Å². The SMILES string of the molecule is CCCCCCCCCCC(CCCCCCCCC)OC(=O)N(C(=O)OC(CCCCCCCCC)CCCCCCCCCC)C(=O)SCCN(C)C. The zero-order valence-corrected chi connectivity index (χ0v) is 38.3. The molecule has 7 nitrogen and oxygen atoms in total. The molecule has 326 valence electrons. The van der Waals surface area contributed by atoms with Crippen molar-refractivity contribution in [3.8, 4) is 0 Å². The summed E-state index contributed by atoms with van der Waals surface area (Å²) >= 11 is 0.994. The van der Waals surface area contributed by atoms with Crippen LogP contribution in [0, 0.1) is 0 Å². The zero-order chi connectivity index (χ0) is 40.6.